The van der Waals surface area contributed by atoms with Gasteiger partial charge in [-0.15, -0.1) is 0 Å². The largest absolute Gasteiger partial charge is 0.466 e. The van der Waals surface area contributed by atoms with Gasteiger partial charge in [-0.2, -0.15) is 0 Å². The molecule has 0 fully saturated rings. The van der Waals surface area contributed by atoms with Crippen molar-refractivity contribution in [2.24, 2.45) is 0 Å². The highest BCUT2D eigenvalue weighted by Crippen LogP contribution is 2.18. The van der Waals surface area contributed by atoms with E-state index in [1.165, 1.54) is 231 Å². The van der Waals surface area contributed by atoms with Crippen molar-refractivity contribution >= 4 is 11.9 Å². The second kappa shape index (κ2) is 51.5. The van der Waals surface area contributed by atoms with Gasteiger partial charge in [0.1, 0.15) is 0 Å². The molecule has 3 N–H and O–H groups in total. The van der Waals surface area contributed by atoms with Crippen LogP contribution in [-0.2, 0) is 14.3 Å². The minimum Gasteiger partial charge on any atom is -0.466 e. The van der Waals surface area contributed by atoms with E-state index in [0.717, 1.165) is 51.4 Å². The standard InChI is InChI=1S/C55H109NO5/c1-3-5-7-9-11-13-15-16-17-18-19-20-21-25-29-33-37-41-45-49-55(60)61-50-46-42-38-34-30-26-23-22-24-28-32-36-40-44-48-54(59)56-52(51-57)53(58)47-43-39-35-31-27-14-12-10-8-6-4-2/h52-53,57-58H,3-51H2,1-2H3,(H,56,59). The Labute approximate surface area is 381 Å². The summed E-state index contributed by atoms with van der Waals surface area (Å²) < 4.78 is 5.49. The van der Waals surface area contributed by atoms with Crippen LogP contribution in [0, 0.1) is 0 Å². The van der Waals surface area contributed by atoms with Crippen molar-refractivity contribution in [1.82, 2.24) is 5.32 Å². The van der Waals surface area contributed by atoms with E-state index in [9.17, 15) is 19.8 Å². The summed E-state index contributed by atoms with van der Waals surface area (Å²) in [5.41, 5.74) is 0. The second-order valence-corrected chi connectivity index (χ2v) is 19.3. The van der Waals surface area contributed by atoms with Crippen LogP contribution in [0.3, 0.4) is 0 Å². The number of unbranched alkanes of at least 4 members (excludes halogenated alkanes) is 41. The summed E-state index contributed by atoms with van der Waals surface area (Å²) in [7, 11) is 0. The third kappa shape index (κ3) is 48.2. The van der Waals surface area contributed by atoms with E-state index in [1.54, 1.807) is 0 Å². The van der Waals surface area contributed by atoms with Crippen molar-refractivity contribution in [3.8, 4) is 0 Å². The van der Waals surface area contributed by atoms with Crippen LogP contribution in [0.15, 0.2) is 0 Å². The third-order valence-electron chi connectivity index (χ3n) is 13.2. The lowest BCUT2D eigenvalue weighted by Gasteiger charge is -2.22. The molecular formula is C55H109NO5. The molecule has 2 unspecified atom stereocenters. The van der Waals surface area contributed by atoms with Crippen molar-refractivity contribution in [3.05, 3.63) is 0 Å². The van der Waals surface area contributed by atoms with Crippen LogP contribution in [0.1, 0.15) is 316 Å². The lowest BCUT2D eigenvalue weighted by atomic mass is 10.0. The molecule has 0 rings (SSSR count). The number of hydrogen-bond acceptors (Lipinski definition) is 5. The minimum atomic E-state index is -0.668. The Morgan fingerprint density at radius 3 is 1.00 bits per heavy atom. The van der Waals surface area contributed by atoms with E-state index in [2.05, 4.69) is 19.2 Å². The Kier molecular flexibility index (Phi) is 50.5. The number of aliphatic hydroxyl groups excluding tert-OH is 2. The molecule has 2 atom stereocenters. The molecule has 0 heterocycles. The molecule has 1 amide bonds. The predicted molar refractivity (Wildman–Crippen MR) is 264 cm³/mol. The monoisotopic (exact) mass is 864 g/mol. The summed E-state index contributed by atoms with van der Waals surface area (Å²) in [4.78, 5) is 24.5. The van der Waals surface area contributed by atoms with Crippen LogP contribution in [-0.4, -0.2) is 47.4 Å². The number of hydrogen-bond donors (Lipinski definition) is 3. The normalized spacial score (nSPS) is 12.5. The summed E-state index contributed by atoms with van der Waals surface area (Å²) in [6.45, 7) is 4.94. The first-order valence-electron chi connectivity index (χ1n) is 27.8. The van der Waals surface area contributed by atoms with E-state index in [1.807, 2.05) is 0 Å². The van der Waals surface area contributed by atoms with Crippen LogP contribution in [0.4, 0.5) is 0 Å². The Bertz CT molecular complexity index is 867. The first-order chi connectivity index (χ1) is 30.0. The molecule has 0 aliphatic heterocycles. The van der Waals surface area contributed by atoms with Crippen LogP contribution in [0.25, 0.3) is 0 Å². The zero-order valence-electron chi connectivity index (χ0n) is 41.4. The first-order valence-corrected chi connectivity index (χ1v) is 27.8. The zero-order chi connectivity index (χ0) is 44.4. The number of rotatable bonds is 52. The highest BCUT2D eigenvalue weighted by atomic mass is 16.5. The van der Waals surface area contributed by atoms with E-state index >= 15 is 0 Å². The number of aliphatic hydroxyl groups is 2. The molecule has 0 aliphatic rings. The number of carbonyl (C=O) groups excluding carboxylic acids is 2. The number of esters is 1. The number of nitrogens with one attached hydrogen (secondary N) is 1. The minimum absolute atomic E-state index is 0.00316. The van der Waals surface area contributed by atoms with Gasteiger partial charge in [0.25, 0.3) is 0 Å². The quantitative estimate of drug-likeness (QED) is 0.0418. The highest BCUT2D eigenvalue weighted by molar-refractivity contribution is 5.76. The smallest absolute Gasteiger partial charge is 0.305 e. The molecule has 0 aromatic heterocycles. The summed E-state index contributed by atoms with van der Waals surface area (Å²) in [6, 6.07) is -0.546. The van der Waals surface area contributed by atoms with Crippen LogP contribution < -0.4 is 5.32 Å². The predicted octanol–water partition coefficient (Wildman–Crippen LogP) is 16.7. The van der Waals surface area contributed by atoms with E-state index < -0.39 is 12.1 Å². The van der Waals surface area contributed by atoms with Crippen molar-refractivity contribution in [2.45, 2.75) is 328 Å². The van der Waals surface area contributed by atoms with Crippen LogP contribution in [0.5, 0.6) is 0 Å². The average molecular weight is 864 g/mol. The Balaban J connectivity index is 3.38. The fourth-order valence-corrected chi connectivity index (χ4v) is 8.88. The molecule has 6 heteroatoms. The van der Waals surface area contributed by atoms with Gasteiger partial charge in [0.15, 0.2) is 0 Å². The maximum absolute atomic E-state index is 12.4. The molecule has 0 aromatic rings. The molecule has 364 valence electrons. The lowest BCUT2D eigenvalue weighted by molar-refractivity contribution is -0.143. The van der Waals surface area contributed by atoms with Gasteiger partial charge in [-0.05, 0) is 25.7 Å². The van der Waals surface area contributed by atoms with Crippen LogP contribution in [0.2, 0.25) is 0 Å². The van der Waals surface area contributed by atoms with Gasteiger partial charge in [-0.1, -0.05) is 277 Å². The molecule has 0 aromatic carbocycles. The fraction of sp³-hybridized carbons (Fsp3) is 0.964. The van der Waals surface area contributed by atoms with Gasteiger partial charge >= 0.3 is 5.97 Å². The highest BCUT2D eigenvalue weighted by Gasteiger charge is 2.20. The van der Waals surface area contributed by atoms with Gasteiger partial charge in [-0.3, -0.25) is 9.59 Å². The van der Waals surface area contributed by atoms with Crippen molar-refractivity contribution in [2.75, 3.05) is 13.2 Å². The van der Waals surface area contributed by atoms with Gasteiger partial charge in [0, 0.05) is 12.8 Å². The summed E-state index contributed by atoms with van der Waals surface area (Å²) in [6.07, 6.45) is 58.0. The first kappa shape index (κ1) is 59.9. The fourth-order valence-electron chi connectivity index (χ4n) is 8.88. The molecule has 0 saturated heterocycles. The number of amides is 1. The second-order valence-electron chi connectivity index (χ2n) is 19.3. The average Bonchev–Trinajstić information content (AvgIpc) is 3.26. The van der Waals surface area contributed by atoms with Gasteiger partial charge in [0.05, 0.1) is 25.4 Å². The molecule has 0 bridgehead atoms. The van der Waals surface area contributed by atoms with Gasteiger partial charge in [0.2, 0.25) is 5.91 Å². The molecule has 61 heavy (non-hydrogen) atoms. The summed E-state index contributed by atoms with van der Waals surface area (Å²) >= 11 is 0. The summed E-state index contributed by atoms with van der Waals surface area (Å²) in [5, 5.41) is 23.1. The topological polar surface area (TPSA) is 95.9 Å². The van der Waals surface area contributed by atoms with Gasteiger partial charge < -0.3 is 20.3 Å². The summed E-state index contributed by atoms with van der Waals surface area (Å²) in [5.74, 6) is -0.0415. The maximum atomic E-state index is 12.4. The molecule has 6 nitrogen and oxygen atoms in total. The lowest BCUT2D eigenvalue weighted by Crippen LogP contribution is -2.45. The number of carbonyl (C=O) groups is 2. The van der Waals surface area contributed by atoms with Gasteiger partial charge in [-0.25, -0.2) is 0 Å². The van der Waals surface area contributed by atoms with Crippen molar-refractivity contribution < 1.29 is 24.5 Å². The Morgan fingerprint density at radius 1 is 0.393 bits per heavy atom. The molecule has 0 spiro atoms. The number of ether oxygens (including phenoxy) is 1. The molecule has 0 saturated carbocycles. The van der Waals surface area contributed by atoms with E-state index in [0.29, 0.717) is 25.9 Å². The zero-order valence-corrected chi connectivity index (χ0v) is 41.4. The maximum Gasteiger partial charge on any atom is 0.305 e. The van der Waals surface area contributed by atoms with Crippen LogP contribution >= 0.6 is 0 Å². The van der Waals surface area contributed by atoms with Crippen molar-refractivity contribution in [3.63, 3.8) is 0 Å². The molecular weight excluding hydrogens is 755 g/mol. The molecule has 0 radical (unpaired) electrons. The van der Waals surface area contributed by atoms with E-state index in [4.69, 9.17) is 4.74 Å². The van der Waals surface area contributed by atoms with Crippen molar-refractivity contribution in [1.29, 1.82) is 0 Å². The Hall–Kier alpha value is -1.14. The Morgan fingerprint density at radius 2 is 0.672 bits per heavy atom. The third-order valence-corrected chi connectivity index (χ3v) is 13.2. The molecule has 0 aliphatic carbocycles. The van der Waals surface area contributed by atoms with E-state index in [-0.39, 0.29) is 18.5 Å². The SMILES string of the molecule is CCCCCCCCCCCCCCCCCCCCCC(=O)OCCCCCCCCCCCCCCCCC(=O)NC(CO)C(O)CCCCCCCCCCCCC.